The van der Waals surface area contributed by atoms with Crippen molar-refractivity contribution in [3.05, 3.63) is 59.8 Å². The largest absolute Gasteiger partial charge is 0.468 e. The Bertz CT molecular complexity index is 1350. The fourth-order valence-corrected chi connectivity index (χ4v) is 7.15. The molecule has 4 atom stereocenters. The summed E-state index contributed by atoms with van der Waals surface area (Å²) in [5, 5.41) is 5.24. The Labute approximate surface area is 250 Å². The summed E-state index contributed by atoms with van der Waals surface area (Å²) in [6.07, 6.45) is 7.22. The van der Waals surface area contributed by atoms with Gasteiger partial charge in [0.2, 0.25) is 11.8 Å². The number of nitrogens with one attached hydrogen (secondary N) is 1. The molecule has 2 amide bonds. The SMILES string of the molecule is COC(=O)[C@]12C[C@H](CC(=O)NCC3CCCCC3)C(=O)N(Cc3cccc4ccccc34)C1=C[C@H](C(C)(C)C)O[C@@H]2C. The lowest BCUT2D eigenvalue weighted by Crippen LogP contribution is -2.61. The van der Waals surface area contributed by atoms with Crippen molar-refractivity contribution in [3.8, 4) is 0 Å². The summed E-state index contributed by atoms with van der Waals surface area (Å²) in [7, 11) is 1.38. The summed E-state index contributed by atoms with van der Waals surface area (Å²) < 4.78 is 11.9. The summed E-state index contributed by atoms with van der Waals surface area (Å²) in [5.74, 6) is -0.905. The van der Waals surface area contributed by atoms with Crippen molar-refractivity contribution in [2.75, 3.05) is 13.7 Å². The van der Waals surface area contributed by atoms with E-state index in [9.17, 15) is 14.4 Å². The number of esters is 1. The van der Waals surface area contributed by atoms with Crippen molar-refractivity contribution in [2.45, 2.75) is 91.4 Å². The molecule has 2 aliphatic heterocycles. The van der Waals surface area contributed by atoms with Crippen LogP contribution in [0, 0.1) is 22.7 Å². The number of hydrogen-bond donors (Lipinski definition) is 1. The summed E-state index contributed by atoms with van der Waals surface area (Å²) in [6, 6.07) is 14.2. The molecule has 1 saturated carbocycles. The van der Waals surface area contributed by atoms with Crippen molar-refractivity contribution >= 4 is 28.6 Å². The second kappa shape index (κ2) is 12.2. The van der Waals surface area contributed by atoms with E-state index in [0.717, 1.165) is 29.2 Å². The van der Waals surface area contributed by atoms with Crippen LogP contribution in [0.1, 0.15) is 78.2 Å². The summed E-state index contributed by atoms with van der Waals surface area (Å²) >= 11 is 0. The number of carbonyl (C=O) groups is 3. The Morgan fingerprint density at radius 2 is 1.79 bits per heavy atom. The smallest absolute Gasteiger partial charge is 0.320 e. The van der Waals surface area contributed by atoms with E-state index in [1.54, 1.807) is 4.90 Å². The van der Waals surface area contributed by atoms with Crippen LogP contribution in [0.5, 0.6) is 0 Å². The number of fused-ring (bicyclic) bond motifs is 2. The quantitative estimate of drug-likeness (QED) is 0.401. The Morgan fingerprint density at radius 1 is 1.07 bits per heavy atom. The van der Waals surface area contributed by atoms with Crippen molar-refractivity contribution in [3.63, 3.8) is 0 Å². The lowest BCUT2D eigenvalue weighted by atomic mass is 9.65. The van der Waals surface area contributed by atoms with Gasteiger partial charge >= 0.3 is 5.97 Å². The molecule has 0 radical (unpaired) electrons. The standard InChI is InChI=1S/C35H46N2O5/c1-23-35(33(40)41-5)20-27(18-31(38)36-21-24-12-7-6-8-13-24)32(39)37(29(35)19-30(42-23)34(2,3)4)22-26-16-11-15-25-14-9-10-17-28(25)26/h9-11,14-17,19,23-24,27,30H,6-8,12-13,18,20-22H2,1-5H3,(H,36,38)/t23-,27+,30-,35+/m1/s1. The van der Waals surface area contributed by atoms with Crippen LogP contribution in [0.25, 0.3) is 10.8 Å². The van der Waals surface area contributed by atoms with E-state index in [1.165, 1.54) is 26.4 Å². The highest BCUT2D eigenvalue weighted by Gasteiger charge is 2.60. The van der Waals surface area contributed by atoms with Crippen molar-refractivity contribution in [1.29, 1.82) is 0 Å². The lowest BCUT2D eigenvalue weighted by Gasteiger charge is -2.53. The van der Waals surface area contributed by atoms with Gasteiger partial charge in [-0.15, -0.1) is 0 Å². The molecule has 2 aromatic carbocycles. The molecule has 1 aliphatic carbocycles. The lowest BCUT2D eigenvalue weighted by molar-refractivity contribution is -0.180. The molecular formula is C35H46N2O5. The maximum absolute atomic E-state index is 14.4. The molecule has 2 fully saturated rings. The number of amides is 2. The molecule has 1 N–H and O–H groups in total. The Kier molecular flexibility index (Phi) is 8.79. The highest BCUT2D eigenvalue weighted by atomic mass is 16.5. The predicted molar refractivity (Wildman–Crippen MR) is 163 cm³/mol. The van der Waals surface area contributed by atoms with Gasteiger partial charge in [-0.3, -0.25) is 14.4 Å². The number of likely N-dealkylation sites (tertiary alicyclic amines) is 1. The zero-order valence-corrected chi connectivity index (χ0v) is 25.8. The fraction of sp³-hybridized carbons (Fsp3) is 0.571. The summed E-state index contributed by atoms with van der Waals surface area (Å²) in [6.45, 7) is 9.09. The third-order valence-corrected chi connectivity index (χ3v) is 9.64. The summed E-state index contributed by atoms with van der Waals surface area (Å²) in [5.41, 5.74) is 0.149. The number of hydrogen-bond acceptors (Lipinski definition) is 5. The number of benzene rings is 2. The molecular weight excluding hydrogens is 528 g/mol. The van der Waals surface area contributed by atoms with Crippen LogP contribution in [0.3, 0.4) is 0 Å². The van der Waals surface area contributed by atoms with Crippen LogP contribution in [-0.4, -0.2) is 48.5 Å². The van der Waals surface area contributed by atoms with Gasteiger partial charge in [-0.2, -0.15) is 0 Å². The van der Waals surface area contributed by atoms with Crippen molar-refractivity contribution in [2.24, 2.45) is 22.7 Å². The third-order valence-electron chi connectivity index (χ3n) is 9.64. The molecule has 3 aliphatic rings. The van der Waals surface area contributed by atoms with Gasteiger partial charge in [0.1, 0.15) is 5.41 Å². The van der Waals surface area contributed by atoms with Crippen LogP contribution in [0.2, 0.25) is 0 Å². The minimum Gasteiger partial charge on any atom is -0.468 e. The number of methoxy groups -OCH3 is 1. The first-order chi connectivity index (χ1) is 20.0. The average Bonchev–Trinajstić information content (AvgIpc) is 2.98. The average molecular weight is 575 g/mol. The maximum Gasteiger partial charge on any atom is 0.320 e. The Balaban J connectivity index is 1.53. The fourth-order valence-electron chi connectivity index (χ4n) is 7.15. The van der Waals surface area contributed by atoms with Gasteiger partial charge in [0.25, 0.3) is 0 Å². The minimum absolute atomic E-state index is 0.0268. The van der Waals surface area contributed by atoms with E-state index < -0.39 is 23.4 Å². The van der Waals surface area contributed by atoms with Gasteiger partial charge in [-0.25, -0.2) is 0 Å². The molecule has 5 rings (SSSR count). The van der Waals surface area contributed by atoms with Gasteiger partial charge < -0.3 is 19.7 Å². The predicted octanol–water partition coefficient (Wildman–Crippen LogP) is 6.15. The van der Waals surface area contributed by atoms with E-state index >= 15 is 0 Å². The number of ether oxygens (including phenoxy) is 2. The first kappa shape index (κ1) is 30.3. The highest BCUT2D eigenvalue weighted by Crippen LogP contribution is 2.52. The zero-order chi connectivity index (χ0) is 30.1. The minimum atomic E-state index is -1.21. The molecule has 0 aromatic heterocycles. The van der Waals surface area contributed by atoms with E-state index in [2.05, 4.69) is 44.3 Å². The molecule has 7 nitrogen and oxygen atoms in total. The van der Waals surface area contributed by atoms with Crippen molar-refractivity contribution < 1.29 is 23.9 Å². The second-order valence-corrected chi connectivity index (χ2v) is 13.6. The van der Waals surface area contributed by atoms with E-state index in [-0.39, 0.29) is 42.7 Å². The topological polar surface area (TPSA) is 84.9 Å². The first-order valence-corrected chi connectivity index (χ1v) is 15.6. The molecule has 0 bridgehead atoms. The second-order valence-electron chi connectivity index (χ2n) is 13.6. The van der Waals surface area contributed by atoms with Gasteiger partial charge in [0.05, 0.1) is 25.9 Å². The third kappa shape index (κ3) is 5.85. The first-order valence-electron chi connectivity index (χ1n) is 15.6. The van der Waals surface area contributed by atoms with Gasteiger partial charge in [0.15, 0.2) is 0 Å². The van der Waals surface area contributed by atoms with Gasteiger partial charge in [-0.1, -0.05) is 82.5 Å². The van der Waals surface area contributed by atoms with Crippen molar-refractivity contribution in [1.82, 2.24) is 10.2 Å². The number of piperidine rings is 1. The van der Waals surface area contributed by atoms with E-state index in [1.807, 2.05) is 37.3 Å². The molecule has 7 heteroatoms. The van der Waals surface area contributed by atoms with E-state index in [0.29, 0.717) is 18.2 Å². The molecule has 1 saturated heterocycles. The molecule has 0 unspecified atom stereocenters. The molecule has 2 heterocycles. The normalized spacial score (nSPS) is 26.9. The number of rotatable bonds is 7. The zero-order valence-electron chi connectivity index (χ0n) is 25.8. The molecule has 2 aromatic rings. The van der Waals surface area contributed by atoms with Crippen LogP contribution >= 0.6 is 0 Å². The van der Waals surface area contributed by atoms with Crippen LogP contribution in [-0.2, 0) is 30.4 Å². The highest BCUT2D eigenvalue weighted by molar-refractivity contribution is 5.93. The number of carbonyl (C=O) groups excluding carboxylic acids is 3. The van der Waals surface area contributed by atoms with Gasteiger partial charge in [-0.05, 0) is 59.9 Å². The van der Waals surface area contributed by atoms with Gasteiger partial charge in [0, 0.05) is 24.6 Å². The monoisotopic (exact) mass is 574 g/mol. The maximum atomic E-state index is 14.4. The van der Waals surface area contributed by atoms with Crippen LogP contribution in [0.4, 0.5) is 0 Å². The number of nitrogens with zero attached hydrogens (tertiary/aromatic N) is 1. The van der Waals surface area contributed by atoms with Crippen LogP contribution < -0.4 is 5.32 Å². The Morgan fingerprint density at radius 3 is 2.50 bits per heavy atom. The molecule has 226 valence electrons. The van der Waals surface area contributed by atoms with Crippen LogP contribution in [0.15, 0.2) is 54.2 Å². The molecule has 0 spiro atoms. The summed E-state index contributed by atoms with van der Waals surface area (Å²) in [4.78, 5) is 43.2. The Hall–Kier alpha value is -3.19. The van der Waals surface area contributed by atoms with E-state index in [4.69, 9.17) is 9.47 Å². The molecule has 42 heavy (non-hydrogen) atoms.